The highest BCUT2D eigenvalue weighted by Crippen LogP contribution is 2.45. The second-order valence-corrected chi connectivity index (χ2v) is 11.5. The third-order valence-corrected chi connectivity index (χ3v) is 8.54. The van der Waals surface area contributed by atoms with Crippen LogP contribution >= 0.6 is 0 Å². The van der Waals surface area contributed by atoms with Crippen molar-refractivity contribution in [3.05, 3.63) is 29.3 Å². The molecule has 0 radical (unpaired) electrons. The zero-order valence-corrected chi connectivity index (χ0v) is 20.6. The smallest absolute Gasteiger partial charge is 0.371 e. The Morgan fingerprint density at radius 1 is 1.15 bits per heavy atom. The number of nitrogens with zero attached hydrogens (tertiary/aromatic N) is 2. The first-order valence-electron chi connectivity index (χ1n) is 12.2. The molecule has 0 unspecified atom stereocenters. The van der Waals surface area contributed by atoms with E-state index in [1.54, 1.807) is 12.1 Å². The van der Waals surface area contributed by atoms with Crippen molar-refractivity contribution in [3.8, 4) is 5.75 Å². The van der Waals surface area contributed by atoms with Crippen molar-refractivity contribution < 1.29 is 17.4 Å². The van der Waals surface area contributed by atoms with Crippen LogP contribution in [0.15, 0.2) is 18.2 Å². The van der Waals surface area contributed by atoms with Crippen LogP contribution in [0.4, 0.5) is 0 Å². The number of rotatable bonds is 6. The maximum atomic E-state index is 13.7. The fourth-order valence-electron chi connectivity index (χ4n) is 6.27. The largest absolute Gasteiger partial charge is 0.380 e. The molecular formula is C24H38N4O4S. The Labute approximate surface area is 197 Å². The van der Waals surface area contributed by atoms with Crippen molar-refractivity contribution in [2.75, 3.05) is 26.2 Å². The quantitative estimate of drug-likeness (QED) is 0.646. The zero-order valence-electron chi connectivity index (χ0n) is 19.8. The molecule has 1 aliphatic carbocycles. The number of carbonyl (C=O) groups excluding carboxylic acids is 1. The van der Waals surface area contributed by atoms with Gasteiger partial charge in [0.2, 0.25) is 5.91 Å². The van der Waals surface area contributed by atoms with Gasteiger partial charge in [0, 0.05) is 25.7 Å². The van der Waals surface area contributed by atoms with Crippen LogP contribution in [0.25, 0.3) is 0 Å². The van der Waals surface area contributed by atoms with Gasteiger partial charge in [0.25, 0.3) is 0 Å². The predicted molar refractivity (Wildman–Crippen MR) is 128 cm³/mol. The minimum absolute atomic E-state index is 0.142. The van der Waals surface area contributed by atoms with Crippen LogP contribution in [0.1, 0.15) is 63.5 Å². The molecule has 33 heavy (non-hydrogen) atoms. The number of benzene rings is 1. The Balaban J connectivity index is 1.55. The summed E-state index contributed by atoms with van der Waals surface area (Å²) in [5.41, 5.74) is 7.12. The van der Waals surface area contributed by atoms with E-state index in [9.17, 15) is 13.2 Å². The summed E-state index contributed by atoms with van der Waals surface area (Å²) >= 11 is 0. The van der Waals surface area contributed by atoms with E-state index in [1.165, 1.54) is 25.7 Å². The molecule has 1 saturated heterocycles. The van der Waals surface area contributed by atoms with E-state index in [4.69, 9.17) is 15.1 Å². The van der Waals surface area contributed by atoms with Crippen LogP contribution in [0, 0.1) is 11.8 Å². The lowest BCUT2D eigenvalue weighted by molar-refractivity contribution is -0.142. The average Bonchev–Trinajstić information content (AvgIpc) is 2.77. The molecule has 2 aliphatic heterocycles. The number of likely N-dealkylation sites (tertiary alicyclic amines) is 1. The van der Waals surface area contributed by atoms with Gasteiger partial charge in [0.15, 0.2) is 0 Å². The lowest BCUT2D eigenvalue weighted by atomic mass is 9.67. The fraction of sp³-hybridized carbons (Fsp3) is 0.708. The van der Waals surface area contributed by atoms with E-state index < -0.39 is 15.7 Å². The van der Waals surface area contributed by atoms with Crippen LogP contribution in [0.3, 0.4) is 0 Å². The molecule has 184 valence electrons. The molecule has 2 heterocycles. The van der Waals surface area contributed by atoms with Gasteiger partial charge in [-0.1, -0.05) is 19.9 Å². The molecule has 9 heteroatoms. The van der Waals surface area contributed by atoms with Crippen LogP contribution in [0.5, 0.6) is 5.75 Å². The number of carbonyl (C=O) groups is 1. The van der Waals surface area contributed by atoms with Gasteiger partial charge in [-0.2, -0.15) is 13.6 Å². The molecule has 0 bridgehead atoms. The molecule has 0 atom stereocenters. The van der Waals surface area contributed by atoms with E-state index in [2.05, 4.69) is 18.7 Å². The zero-order chi connectivity index (χ0) is 23.8. The second-order valence-electron chi connectivity index (χ2n) is 10.3. The summed E-state index contributed by atoms with van der Waals surface area (Å²) in [7, 11) is -4.11. The van der Waals surface area contributed by atoms with Crippen molar-refractivity contribution >= 4 is 16.2 Å². The van der Waals surface area contributed by atoms with Crippen molar-refractivity contribution in [3.63, 3.8) is 0 Å². The van der Waals surface area contributed by atoms with Gasteiger partial charge in [-0.3, -0.25) is 4.79 Å². The van der Waals surface area contributed by atoms with Crippen LogP contribution in [0.2, 0.25) is 0 Å². The summed E-state index contributed by atoms with van der Waals surface area (Å²) in [6, 6.07) is 5.78. The first-order chi connectivity index (χ1) is 15.6. The molecule has 2 fully saturated rings. The van der Waals surface area contributed by atoms with E-state index in [-0.39, 0.29) is 11.7 Å². The monoisotopic (exact) mass is 478 g/mol. The summed E-state index contributed by atoms with van der Waals surface area (Å²) in [6.07, 6.45) is 6.60. The molecule has 1 aromatic rings. The number of nitrogens with two attached hydrogens (primary N) is 2. The van der Waals surface area contributed by atoms with Gasteiger partial charge in [-0.15, -0.1) is 0 Å². The highest BCUT2D eigenvalue weighted by molar-refractivity contribution is 7.84. The SMILES string of the molecule is CC(C)C1CCC(N2CCC3(CC2)C(=O)N(CCN)Cc2cc(OS(N)(=O)=O)ccc23)CC1. The van der Waals surface area contributed by atoms with Crippen molar-refractivity contribution in [1.82, 2.24) is 9.80 Å². The number of hydrogen-bond donors (Lipinski definition) is 2. The number of amides is 1. The third kappa shape index (κ3) is 5.06. The van der Waals surface area contributed by atoms with Crippen molar-refractivity contribution in [1.29, 1.82) is 0 Å². The van der Waals surface area contributed by atoms with Crippen molar-refractivity contribution in [2.45, 2.75) is 70.4 Å². The van der Waals surface area contributed by atoms with E-state index in [0.717, 1.165) is 48.9 Å². The molecule has 4 rings (SSSR count). The third-order valence-electron chi connectivity index (χ3n) is 8.11. The summed E-state index contributed by atoms with van der Waals surface area (Å²) in [5, 5.41) is 5.05. The summed E-state index contributed by atoms with van der Waals surface area (Å²) < 4.78 is 27.7. The summed E-state index contributed by atoms with van der Waals surface area (Å²) in [6.45, 7) is 7.71. The Morgan fingerprint density at radius 3 is 2.39 bits per heavy atom. The Hall–Kier alpha value is -1.68. The molecule has 1 amide bonds. The summed E-state index contributed by atoms with van der Waals surface area (Å²) in [4.78, 5) is 18.1. The van der Waals surface area contributed by atoms with Gasteiger partial charge in [0.05, 0.1) is 5.41 Å². The predicted octanol–water partition coefficient (Wildman–Crippen LogP) is 2.12. The van der Waals surface area contributed by atoms with Crippen LogP contribution in [-0.2, 0) is 27.1 Å². The Kier molecular flexibility index (Phi) is 7.05. The van der Waals surface area contributed by atoms with E-state index in [1.807, 2.05) is 11.0 Å². The molecule has 4 N–H and O–H groups in total. The lowest BCUT2D eigenvalue weighted by Crippen LogP contribution is -2.57. The Bertz CT molecular complexity index is 965. The molecule has 1 saturated carbocycles. The van der Waals surface area contributed by atoms with E-state index >= 15 is 0 Å². The second kappa shape index (κ2) is 9.52. The normalized spacial score (nSPS) is 26.0. The highest BCUT2D eigenvalue weighted by atomic mass is 32.2. The number of fused-ring (bicyclic) bond motifs is 2. The first-order valence-corrected chi connectivity index (χ1v) is 13.7. The first kappa shape index (κ1) is 24.4. The van der Waals surface area contributed by atoms with E-state index in [0.29, 0.717) is 25.7 Å². The topological polar surface area (TPSA) is 119 Å². The van der Waals surface area contributed by atoms with Gasteiger partial charge in [0.1, 0.15) is 5.75 Å². The number of piperidine rings is 1. The van der Waals surface area contributed by atoms with Crippen LogP contribution in [-0.4, -0.2) is 56.3 Å². The van der Waals surface area contributed by atoms with Gasteiger partial charge < -0.3 is 19.7 Å². The molecule has 3 aliphatic rings. The molecule has 1 aromatic carbocycles. The molecule has 0 aromatic heterocycles. The fourth-order valence-corrected chi connectivity index (χ4v) is 6.64. The van der Waals surface area contributed by atoms with Crippen molar-refractivity contribution in [2.24, 2.45) is 22.7 Å². The molecular weight excluding hydrogens is 440 g/mol. The minimum Gasteiger partial charge on any atom is -0.371 e. The number of hydrogen-bond acceptors (Lipinski definition) is 6. The maximum absolute atomic E-state index is 13.7. The lowest BCUT2D eigenvalue weighted by Gasteiger charge is -2.49. The van der Waals surface area contributed by atoms with Crippen LogP contribution < -0.4 is 15.1 Å². The maximum Gasteiger partial charge on any atom is 0.380 e. The van der Waals surface area contributed by atoms with Gasteiger partial charge in [-0.05, 0) is 86.7 Å². The summed E-state index contributed by atoms with van der Waals surface area (Å²) in [5.74, 6) is 1.91. The van der Waals surface area contributed by atoms with Gasteiger partial charge >= 0.3 is 10.3 Å². The molecule has 8 nitrogen and oxygen atoms in total. The minimum atomic E-state index is -4.11. The standard InChI is InChI=1S/C24H38N4O4S/c1-17(2)18-3-5-20(6-4-18)27-12-9-24(10-13-27)22-8-7-21(32-33(26,30)31)15-19(22)16-28(14-11-25)23(24)29/h7-8,15,17-18,20H,3-6,9-14,16,25H2,1-2H3,(H2,26,30,31). The average molecular weight is 479 g/mol. The van der Waals surface area contributed by atoms with Gasteiger partial charge in [-0.25, -0.2) is 0 Å². The Morgan fingerprint density at radius 2 is 1.82 bits per heavy atom. The highest BCUT2D eigenvalue weighted by Gasteiger charge is 2.49. The molecule has 1 spiro atoms.